The zero-order valence-corrected chi connectivity index (χ0v) is 11.0. The summed E-state index contributed by atoms with van der Waals surface area (Å²) >= 11 is 0. The Bertz CT molecular complexity index is 299. The highest BCUT2D eigenvalue weighted by Crippen LogP contribution is 2.22. The maximum Gasteiger partial charge on any atom is 0.0488 e. The standard InChI is InChI=1S/C12H21NSi/c1-13(2)12-9-7-6-8-11(12)10-14(3,4)5/h6-9H,10H2,1-5H3. The summed E-state index contributed by atoms with van der Waals surface area (Å²) in [5.74, 6) is 0. The number of anilines is 1. The SMILES string of the molecule is CN(C)c1ccccc1C[Si](C)(C)C. The number of para-hydroxylation sites is 1. The van der Waals surface area contributed by atoms with E-state index in [0.29, 0.717) is 0 Å². The number of hydrogen-bond donors (Lipinski definition) is 0. The molecule has 0 unspecified atom stereocenters. The van der Waals surface area contributed by atoms with E-state index in [0.717, 1.165) is 0 Å². The number of hydrogen-bond acceptors (Lipinski definition) is 1. The normalized spacial score (nSPS) is 11.5. The predicted octanol–water partition coefficient (Wildman–Crippen LogP) is 3.17. The molecule has 1 rings (SSSR count). The van der Waals surface area contributed by atoms with E-state index in [2.05, 4.69) is 62.9 Å². The Balaban J connectivity index is 2.96. The van der Waals surface area contributed by atoms with Crippen molar-refractivity contribution >= 4 is 13.8 Å². The molecule has 0 bridgehead atoms. The van der Waals surface area contributed by atoms with Gasteiger partial charge < -0.3 is 4.90 Å². The van der Waals surface area contributed by atoms with Crippen molar-refractivity contribution in [1.29, 1.82) is 0 Å². The van der Waals surface area contributed by atoms with E-state index in [1.165, 1.54) is 17.3 Å². The summed E-state index contributed by atoms with van der Waals surface area (Å²) in [6.45, 7) is 7.25. The van der Waals surface area contributed by atoms with Gasteiger partial charge >= 0.3 is 0 Å². The fourth-order valence-electron chi connectivity index (χ4n) is 1.67. The molecule has 0 radical (unpaired) electrons. The summed E-state index contributed by atoms with van der Waals surface area (Å²) in [5, 5.41) is 0. The van der Waals surface area contributed by atoms with Gasteiger partial charge in [0.1, 0.15) is 0 Å². The van der Waals surface area contributed by atoms with Crippen LogP contribution in [0, 0.1) is 0 Å². The average Bonchev–Trinajstić information content (AvgIpc) is 2.01. The quantitative estimate of drug-likeness (QED) is 0.688. The van der Waals surface area contributed by atoms with Crippen LogP contribution in [-0.4, -0.2) is 22.2 Å². The van der Waals surface area contributed by atoms with Gasteiger partial charge in [-0.3, -0.25) is 0 Å². The van der Waals surface area contributed by atoms with Gasteiger partial charge in [-0.15, -0.1) is 0 Å². The molecular formula is C12H21NSi. The van der Waals surface area contributed by atoms with Crippen molar-refractivity contribution < 1.29 is 0 Å². The van der Waals surface area contributed by atoms with Crippen molar-refractivity contribution in [1.82, 2.24) is 0 Å². The molecule has 1 aromatic carbocycles. The third-order valence-electron chi connectivity index (χ3n) is 2.19. The van der Waals surface area contributed by atoms with Gasteiger partial charge in [0.15, 0.2) is 0 Å². The van der Waals surface area contributed by atoms with Crippen LogP contribution < -0.4 is 4.90 Å². The lowest BCUT2D eigenvalue weighted by Crippen LogP contribution is -2.25. The lowest BCUT2D eigenvalue weighted by atomic mass is 10.2. The topological polar surface area (TPSA) is 3.24 Å². The molecule has 0 aliphatic heterocycles. The highest BCUT2D eigenvalue weighted by molar-refractivity contribution is 6.75. The van der Waals surface area contributed by atoms with Crippen LogP contribution in [0.25, 0.3) is 0 Å². The Morgan fingerprint density at radius 2 is 1.64 bits per heavy atom. The van der Waals surface area contributed by atoms with Gasteiger partial charge in [-0.2, -0.15) is 0 Å². The highest BCUT2D eigenvalue weighted by atomic mass is 28.3. The Kier molecular flexibility index (Phi) is 3.37. The lowest BCUT2D eigenvalue weighted by molar-refractivity contribution is 1.10. The van der Waals surface area contributed by atoms with Crippen LogP contribution in [0.15, 0.2) is 24.3 Å². The number of benzene rings is 1. The molecule has 0 aliphatic rings. The minimum Gasteiger partial charge on any atom is -0.377 e. The third kappa shape index (κ3) is 3.18. The van der Waals surface area contributed by atoms with Crippen LogP contribution in [0.5, 0.6) is 0 Å². The molecule has 0 atom stereocenters. The first kappa shape index (κ1) is 11.3. The fraction of sp³-hybridized carbons (Fsp3) is 0.500. The van der Waals surface area contributed by atoms with Gasteiger partial charge in [-0.1, -0.05) is 37.8 Å². The first-order valence-corrected chi connectivity index (χ1v) is 8.86. The molecule has 0 spiro atoms. The van der Waals surface area contributed by atoms with E-state index in [1.807, 2.05) is 0 Å². The molecular weight excluding hydrogens is 186 g/mol. The molecule has 14 heavy (non-hydrogen) atoms. The van der Waals surface area contributed by atoms with E-state index < -0.39 is 8.07 Å². The van der Waals surface area contributed by atoms with E-state index in [4.69, 9.17) is 0 Å². The summed E-state index contributed by atoms with van der Waals surface area (Å²) in [6, 6.07) is 9.98. The maximum absolute atomic E-state index is 2.42. The van der Waals surface area contributed by atoms with Crippen molar-refractivity contribution in [3.05, 3.63) is 29.8 Å². The second-order valence-corrected chi connectivity index (χ2v) is 10.7. The smallest absolute Gasteiger partial charge is 0.0488 e. The molecule has 0 fully saturated rings. The van der Waals surface area contributed by atoms with Gasteiger partial charge in [0, 0.05) is 27.9 Å². The zero-order valence-electron chi connectivity index (χ0n) is 9.96. The first-order valence-electron chi connectivity index (χ1n) is 5.15. The minimum atomic E-state index is -1.00. The lowest BCUT2D eigenvalue weighted by Gasteiger charge is -2.22. The summed E-state index contributed by atoms with van der Waals surface area (Å²) in [4.78, 5) is 2.20. The molecule has 0 amide bonds. The zero-order chi connectivity index (χ0) is 10.8. The van der Waals surface area contributed by atoms with Crippen LogP contribution in [0.2, 0.25) is 19.6 Å². The largest absolute Gasteiger partial charge is 0.377 e. The van der Waals surface area contributed by atoms with E-state index in [9.17, 15) is 0 Å². The summed E-state index contributed by atoms with van der Waals surface area (Å²) < 4.78 is 0. The number of rotatable bonds is 3. The molecule has 0 heterocycles. The Morgan fingerprint density at radius 3 is 2.14 bits per heavy atom. The van der Waals surface area contributed by atoms with Gasteiger partial charge in [-0.25, -0.2) is 0 Å². The number of nitrogens with zero attached hydrogens (tertiary/aromatic N) is 1. The molecule has 1 aromatic rings. The molecule has 0 saturated carbocycles. The summed E-state index contributed by atoms with van der Waals surface area (Å²) in [6.07, 6.45) is 0. The summed E-state index contributed by atoms with van der Waals surface area (Å²) in [7, 11) is 3.23. The molecule has 0 aromatic heterocycles. The molecule has 0 aliphatic carbocycles. The molecule has 78 valence electrons. The van der Waals surface area contributed by atoms with Gasteiger partial charge in [0.05, 0.1) is 0 Å². The van der Waals surface area contributed by atoms with Crippen molar-refractivity contribution in [2.75, 3.05) is 19.0 Å². The average molecular weight is 207 g/mol. The Labute approximate surface area is 88.8 Å². The fourth-order valence-corrected chi connectivity index (χ4v) is 3.11. The van der Waals surface area contributed by atoms with E-state index in [1.54, 1.807) is 0 Å². The van der Waals surface area contributed by atoms with Crippen LogP contribution in [0.3, 0.4) is 0 Å². The maximum atomic E-state index is 2.42. The Morgan fingerprint density at radius 1 is 1.07 bits per heavy atom. The van der Waals surface area contributed by atoms with Crippen LogP contribution in [0.1, 0.15) is 5.56 Å². The molecule has 1 nitrogen and oxygen atoms in total. The monoisotopic (exact) mass is 207 g/mol. The van der Waals surface area contributed by atoms with E-state index in [-0.39, 0.29) is 0 Å². The van der Waals surface area contributed by atoms with Crippen molar-refractivity contribution in [3.63, 3.8) is 0 Å². The van der Waals surface area contributed by atoms with Gasteiger partial charge in [0.2, 0.25) is 0 Å². The van der Waals surface area contributed by atoms with Crippen LogP contribution >= 0.6 is 0 Å². The second kappa shape index (κ2) is 4.18. The second-order valence-electron chi connectivity index (χ2n) is 5.26. The van der Waals surface area contributed by atoms with E-state index >= 15 is 0 Å². The first-order chi connectivity index (χ1) is 6.40. The minimum absolute atomic E-state index is 1.00. The summed E-state index contributed by atoms with van der Waals surface area (Å²) in [5.41, 5.74) is 2.87. The van der Waals surface area contributed by atoms with Crippen molar-refractivity contribution in [2.45, 2.75) is 25.7 Å². The van der Waals surface area contributed by atoms with Crippen molar-refractivity contribution in [2.24, 2.45) is 0 Å². The molecule has 2 heteroatoms. The van der Waals surface area contributed by atoms with Crippen LogP contribution in [-0.2, 0) is 6.04 Å². The predicted molar refractivity (Wildman–Crippen MR) is 67.8 cm³/mol. The van der Waals surface area contributed by atoms with Crippen molar-refractivity contribution in [3.8, 4) is 0 Å². The highest BCUT2D eigenvalue weighted by Gasteiger charge is 2.16. The molecule has 0 saturated heterocycles. The van der Waals surface area contributed by atoms with Gasteiger partial charge in [0.25, 0.3) is 0 Å². The Hall–Kier alpha value is -0.763. The molecule has 0 N–H and O–H groups in total. The van der Waals surface area contributed by atoms with Gasteiger partial charge in [-0.05, 0) is 17.7 Å². The third-order valence-corrected chi connectivity index (χ3v) is 3.64. The van der Waals surface area contributed by atoms with Crippen LogP contribution in [0.4, 0.5) is 5.69 Å².